The summed E-state index contributed by atoms with van der Waals surface area (Å²) in [6, 6.07) is 9.74. The second kappa shape index (κ2) is 13.1. The van der Waals surface area contributed by atoms with E-state index in [9.17, 15) is 14.0 Å². The number of carbonyl (C=O) groups is 2. The lowest BCUT2D eigenvalue weighted by molar-refractivity contribution is -0.116. The van der Waals surface area contributed by atoms with E-state index in [1.165, 1.54) is 30.0 Å². The summed E-state index contributed by atoms with van der Waals surface area (Å²) in [7, 11) is 3.10. The van der Waals surface area contributed by atoms with Crippen LogP contribution >= 0.6 is 27.7 Å². The number of amides is 2. The van der Waals surface area contributed by atoms with Crippen molar-refractivity contribution < 1.29 is 23.5 Å². The van der Waals surface area contributed by atoms with Gasteiger partial charge in [-0.05, 0) is 48.9 Å². The number of hydrogen-bond acceptors (Lipinski definition) is 7. The van der Waals surface area contributed by atoms with Crippen LogP contribution in [0.3, 0.4) is 0 Å². The fourth-order valence-corrected chi connectivity index (χ4v) is 4.29. The first-order valence-corrected chi connectivity index (χ1v) is 12.6. The minimum Gasteiger partial charge on any atom is -0.493 e. The molecule has 0 saturated heterocycles. The largest absolute Gasteiger partial charge is 0.493 e. The van der Waals surface area contributed by atoms with Crippen molar-refractivity contribution in [3.63, 3.8) is 0 Å². The average Bonchev–Trinajstić information content (AvgIpc) is 3.28. The third kappa shape index (κ3) is 7.31. The molecule has 0 aliphatic heterocycles. The highest BCUT2D eigenvalue weighted by molar-refractivity contribution is 9.10. The van der Waals surface area contributed by atoms with E-state index in [1.54, 1.807) is 43.1 Å². The average molecular weight is 578 g/mol. The lowest BCUT2D eigenvalue weighted by Crippen LogP contribution is -2.22. The Kier molecular flexibility index (Phi) is 9.88. The third-order valence-corrected chi connectivity index (χ3v) is 6.36. The number of halogens is 2. The molecule has 1 aromatic heterocycles. The van der Waals surface area contributed by atoms with Crippen molar-refractivity contribution in [3.05, 3.63) is 64.2 Å². The van der Waals surface area contributed by atoms with Crippen molar-refractivity contribution in [2.75, 3.05) is 25.3 Å². The van der Waals surface area contributed by atoms with Gasteiger partial charge in [-0.25, -0.2) is 4.39 Å². The summed E-state index contributed by atoms with van der Waals surface area (Å²) in [5, 5.41) is 14.1. The molecule has 0 saturated carbocycles. The second-order valence-electron chi connectivity index (χ2n) is 7.27. The molecule has 0 atom stereocenters. The van der Waals surface area contributed by atoms with E-state index in [4.69, 9.17) is 9.47 Å². The second-order valence-corrected chi connectivity index (χ2v) is 9.13. The first-order chi connectivity index (χ1) is 17.3. The zero-order valence-corrected chi connectivity index (χ0v) is 22.3. The monoisotopic (exact) mass is 577 g/mol. The molecule has 3 aromatic rings. The van der Waals surface area contributed by atoms with Crippen LogP contribution in [0.15, 0.2) is 52.1 Å². The van der Waals surface area contributed by atoms with Gasteiger partial charge in [0, 0.05) is 17.1 Å². The summed E-state index contributed by atoms with van der Waals surface area (Å²) in [6.45, 7) is 2.62. The van der Waals surface area contributed by atoms with Crippen LogP contribution in [0.2, 0.25) is 0 Å². The number of benzene rings is 2. The number of nitrogens with zero attached hydrogens (tertiary/aromatic N) is 3. The van der Waals surface area contributed by atoms with E-state index in [-0.39, 0.29) is 29.8 Å². The molecule has 190 valence electrons. The Balaban J connectivity index is 1.54. The van der Waals surface area contributed by atoms with Gasteiger partial charge in [0.25, 0.3) is 0 Å². The Morgan fingerprint density at radius 3 is 2.61 bits per heavy atom. The van der Waals surface area contributed by atoms with Gasteiger partial charge >= 0.3 is 0 Å². The van der Waals surface area contributed by atoms with Crippen molar-refractivity contribution in [3.8, 4) is 11.5 Å². The Morgan fingerprint density at radius 2 is 1.92 bits per heavy atom. The quantitative estimate of drug-likeness (QED) is 0.259. The topological polar surface area (TPSA) is 107 Å². The predicted molar refractivity (Wildman–Crippen MR) is 140 cm³/mol. The molecular formula is C24H25BrFN5O4S. The number of ether oxygens (including phenoxy) is 2. The summed E-state index contributed by atoms with van der Waals surface area (Å²) in [6.07, 6.45) is 3.07. The van der Waals surface area contributed by atoms with Crippen molar-refractivity contribution in [1.82, 2.24) is 20.1 Å². The van der Waals surface area contributed by atoms with Gasteiger partial charge in [0.2, 0.25) is 11.8 Å². The zero-order chi connectivity index (χ0) is 26.1. The van der Waals surface area contributed by atoms with Crippen LogP contribution in [0.5, 0.6) is 11.5 Å². The number of nitrogens with one attached hydrogen (secondary N) is 2. The Labute approximate surface area is 220 Å². The predicted octanol–water partition coefficient (Wildman–Crippen LogP) is 4.28. The van der Waals surface area contributed by atoms with Gasteiger partial charge in [-0.3, -0.25) is 9.59 Å². The van der Waals surface area contributed by atoms with Crippen molar-refractivity contribution in [2.24, 2.45) is 0 Å². The van der Waals surface area contributed by atoms with Gasteiger partial charge < -0.3 is 24.7 Å². The summed E-state index contributed by atoms with van der Waals surface area (Å²) in [4.78, 5) is 24.6. The zero-order valence-electron chi connectivity index (χ0n) is 19.9. The van der Waals surface area contributed by atoms with E-state index in [1.807, 2.05) is 13.0 Å². The van der Waals surface area contributed by atoms with Crippen LogP contribution in [0, 0.1) is 5.82 Å². The van der Waals surface area contributed by atoms with Crippen LogP contribution < -0.4 is 20.1 Å². The molecule has 1 heterocycles. The maximum Gasteiger partial charge on any atom is 0.244 e. The molecule has 0 spiro atoms. The molecule has 0 bridgehead atoms. The SMILES string of the molecule is CCn1c(CNC(=O)C=Cc2ccc(OC)c(OC)c2)nnc1SCC(=O)Nc1ccc(Br)cc1F. The molecular weight excluding hydrogens is 553 g/mol. The van der Waals surface area contributed by atoms with Gasteiger partial charge in [-0.15, -0.1) is 10.2 Å². The van der Waals surface area contributed by atoms with Crippen LogP contribution in [0.1, 0.15) is 18.3 Å². The molecule has 9 nitrogen and oxygen atoms in total. The fraction of sp³-hybridized carbons (Fsp3) is 0.250. The first-order valence-electron chi connectivity index (χ1n) is 10.8. The number of carbonyl (C=O) groups excluding carboxylic acids is 2. The Bertz CT molecular complexity index is 1270. The van der Waals surface area contributed by atoms with E-state index in [0.717, 1.165) is 5.56 Å². The normalized spacial score (nSPS) is 10.9. The highest BCUT2D eigenvalue weighted by Crippen LogP contribution is 2.28. The van der Waals surface area contributed by atoms with Gasteiger partial charge in [-0.2, -0.15) is 0 Å². The van der Waals surface area contributed by atoms with E-state index >= 15 is 0 Å². The van der Waals surface area contributed by atoms with Gasteiger partial charge in [0.15, 0.2) is 22.5 Å². The highest BCUT2D eigenvalue weighted by Gasteiger charge is 2.15. The number of aromatic nitrogens is 3. The van der Waals surface area contributed by atoms with Gasteiger partial charge in [-0.1, -0.05) is 33.8 Å². The molecule has 2 amide bonds. The minimum atomic E-state index is -0.530. The van der Waals surface area contributed by atoms with Crippen LogP contribution in [0.25, 0.3) is 6.08 Å². The number of anilines is 1. The van der Waals surface area contributed by atoms with E-state index in [0.29, 0.717) is 33.5 Å². The minimum absolute atomic E-state index is 0.0219. The van der Waals surface area contributed by atoms with Crippen LogP contribution in [0.4, 0.5) is 10.1 Å². The third-order valence-electron chi connectivity index (χ3n) is 4.90. The molecule has 0 fully saturated rings. The molecule has 3 rings (SSSR count). The number of methoxy groups -OCH3 is 2. The maximum atomic E-state index is 13.9. The molecule has 12 heteroatoms. The molecule has 2 aromatic carbocycles. The molecule has 0 aliphatic rings. The highest BCUT2D eigenvalue weighted by atomic mass is 79.9. The number of thioether (sulfide) groups is 1. The van der Waals surface area contributed by atoms with E-state index in [2.05, 4.69) is 36.8 Å². The maximum absolute atomic E-state index is 13.9. The number of hydrogen-bond donors (Lipinski definition) is 2. The van der Waals surface area contributed by atoms with Crippen molar-refractivity contribution >= 4 is 51.3 Å². The standard InChI is InChI=1S/C24H25BrFN5O4S/c1-4-31-21(13-27-22(32)10-6-15-5-9-19(34-2)20(11-15)35-3)29-30-24(31)36-14-23(33)28-18-8-7-16(25)12-17(18)26/h5-12H,4,13-14H2,1-3H3,(H,27,32)(H,28,33). The molecule has 0 radical (unpaired) electrons. The van der Waals surface area contributed by atoms with Gasteiger partial charge in [0.1, 0.15) is 5.82 Å². The molecule has 0 unspecified atom stereocenters. The summed E-state index contributed by atoms with van der Waals surface area (Å²) < 4.78 is 26.8. The van der Waals surface area contributed by atoms with Crippen LogP contribution in [-0.2, 0) is 22.7 Å². The van der Waals surface area contributed by atoms with E-state index < -0.39 is 5.82 Å². The lowest BCUT2D eigenvalue weighted by Gasteiger charge is -2.09. The Morgan fingerprint density at radius 1 is 1.14 bits per heavy atom. The van der Waals surface area contributed by atoms with Gasteiger partial charge in [0.05, 0.1) is 32.2 Å². The lowest BCUT2D eigenvalue weighted by atomic mass is 10.2. The fourth-order valence-electron chi connectivity index (χ4n) is 3.13. The van der Waals surface area contributed by atoms with Crippen LogP contribution in [-0.4, -0.2) is 46.6 Å². The summed E-state index contributed by atoms with van der Waals surface area (Å²) in [5.74, 6) is 0.530. The number of rotatable bonds is 11. The molecule has 2 N–H and O–H groups in total. The first kappa shape index (κ1) is 27.2. The summed E-state index contributed by atoms with van der Waals surface area (Å²) >= 11 is 4.35. The molecule has 36 heavy (non-hydrogen) atoms. The summed E-state index contributed by atoms with van der Waals surface area (Å²) in [5.41, 5.74) is 0.879. The molecule has 0 aliphatic carbocycles. The smallest absolute Gasteiger partial charge is 0.244 e. The van der Waals surface area contributed by atoms with Crippen molar-refractivity contribution in [1.29, 1.82) is 0 Å². The Hall–Kier alpha value is -3.38. The van der Waals surface area contributed by atoms with Crippen molar-refractivity contribution in [2.45, 2.75) is 25.2 Å².